The van der Waals surface area contributed by atoms with Gasteiger partial charge < -0.3 is 0 Å². The second kappa shape index (κ2) is 6.22. The largest absolute Gasteiger partial charge is 0.250 e. The first-order chi connectivity index (χ1) is 8.49. The van der Waals surface area contributed by atoms with Crippen molar-refractivity contribution in [3.63, 3.8) is 0 Å². The third-order valence-corrected chi connectivity index (χ3v) is 7.28. The fourth-order valence-electron chi connectivity index (χ4n) is 2.12. The van der Waals surface area contributed by atoms with Gasteiger partial charge in [-0.1, -0.05) is 12.8 Å². The van der Waals surface area contributed by atoms with Gasteiger partial charge in [-0.25, -0.2) is 13.1 Å². The first-order valence-corrected chi connectivity index (χ1v) is 9.41. The molecular weight excluding hydrogens is 358 g/mol. The van der Waals surface area contributed by atoms with Gasteiger partial charge >= 0.3 is 0 Å². The topological polar surface area (TPSA) is 46.2 Å². The summed E-state index contributed by atoms with van der Waals surface area (Å²) in [5.74, 6) is 0.249. The van der Waals surface area contributed by atoms with Crippen molar-refractivity contribution < 1.29 is 8.42 Å². The summed E-state index contributed by atoms with van der Waals surface area (Å²) in [6.07, 6.45) is 4.28. The van der Waals surface area contributed by atoms with Crippen molar-refractivity contribution >= 4 is 48.9 Å². The van der Waals surface area contributed by atoms with Gasteiger partial charge in [-0.05, 0) is 46.8 Å². The molecule has 1 saturated carbocycles. The molecule has 1 fully saturated rings. The highest BCUT2D eigenvalue weighted by molar-refractivity contribution is 9.11. The van der Waals surface area contributed by atoms with E-state index < -0.39 is 10.0 Å². The Morgan fingerprint density at radius 2 is 2.11 bits per heavy atom. The lowest BCUT2D eigenvalue weighted by atomic mass is 9.89. The van der Waals surface area contributed by atoms with E-state index in [0.29, 0.717) is 10.8 Å². The van der Waals surface area contributed by atoms with E-state index in [1.54, 1.807) is 12.1 Å². The van der Waals surface area contributed by atoms with Crippen LogP contribution in [0.3, 0.4) is 0 Å². The summed E-state index contributed by atoms with van der Waals surface area (Å²) in [7, 11) is -3.38. The zero-order valence-electron chi connectivity index (χ0n) is 9.73. The molecule has 1 N–H and O–H groups in total. The molecule has 1 aromatic heterocycles. The number of rotatable bonds is 4. The van der Waals surface area contributed by atoms with Crippen molar-refractivity contribution in [2.75, 3.05) is 6.54 Å². The molecule has 1 aliphatic carbocycles. The highest BCUT2D eigenvalue weighted by Gasteiger charge is 2.25. The van der Waals surface area contributed by atoms with Crippen molar-refractivity contribution in [2.45, 2.75) is 35.3 Å². The summed E-state index contributed by atoms with van der Waals surface area (Å²) in [4.78, 5) is 0. The van der Waals surface area contributed by atoms with Crippen molar-refractivity contribution in [2.24, 2.45) is 5.92 Å². The van der Waals surface area contributed by atoms with Crippen LogP contribution in [-0.2, 0) is 10.0 Å². The Labute approximate surface area is 125 Å². The molecule has 1 heterocycles. The molecule has 2 atom stereocenters. The Hall–Kier alpha value is 0.380. The summed E-state index contributed by atoms with van der Waals surface area (Å²) in [6, 6.07) is 3.35. The molecule has 18 heavy (non-hydrogen) atoms. The van der Waals surface area contributed by atoms with Gasteiger partial charge in [0.15, 0.2) is 0 Å². The minimum absolute atomic E-state index is 0.0940. The van der Waals surface area contributed by atoms with Crippen LogP contribution >= 0.6 is 38.9 Å². The van der Waals surface area contributed by atoms with Gasteiger partial charge in [0.05, 0.1) is 3.79 Å². The number of halogens is 2. The third-order valence-electron chi connectivity index (χ3n) is 3.17. The number of thiophene rings is 1. The Morgan fingerprint density at radius 1 is 1.39 bits per heavy atom. The van der Waals surface area contributed by atoms with Gasteiger partial charge in [-0.3, -0.25) is 0 Å². The molecule has 0 bridgehead atoms. The van der Waals surface area contributed by atoms with Crippen LogP contribution in [0.5, 0.6) is 0 Å². The summed E-state index contributed by atoms with van der Waals surface area (Å²) < 4.78 is 27.9. The average molecular weight is 373 g/mol. The van der Waals surface area contributed by atoms with Crippen LogP contribution in [0.4, 0.5) is 0 Å². The number of hydrogen-bond donors (Lipinski definition) is 1. The molecule has 7 heteroatoms. The van der Waals surface area contributed by atoms with Crippen molar-refractivity contribution in [1.82, 2.24) is 4.72 Å². The summed E-state index contributed by atoms with van der Waals surface area (Å²) in [6.45, 7) is 0.437. The van der Waals surface area contributed by atoms with E-state index in [1.807, 2.05) is 0 Å². The summed E-state index contributed by atoms with van der Waals surface area (Å²) in [5, 5.41) is 0.0940. The predicted octanol–water partition coefficient (Wildman–Crippen LogP) is 3.59. The lowest BCUT2D eigenvalue weighted by molar-refractivity contribution is 0.364. The molecule has 0 spiro atoms. The average Bonchev–Trinajstić information content (AvgIpc) is 2.76. The Morgan fingerprint density at radius 3 is 2.72 bits per heavy atom. The molecular formula is C11H15BrClNO2S2. The molecule has 3 nitrogen and oxygen atoms in total. The fraction of sp³-hybridized carbons (Fsp3) is 0.636. The molecule has 0 radical (unpaired) electrons. The number of sulfonamides is 1. The third kappa shape index (κ3) is 3.70. The van der Waals surface area contributed by atoms with Crippen LogP contribution in [0.1, 0.15) is 25.7 Å². The van der Waals surface area contributed by atoms with Crippen molar-refractivity contribution in [1.29, 1.82) is 0 Å². The van der Waals surface area contributed by atoms with E-state index in [4.69, 9.17) is 11.6 Å². The maximum absolute atomic E-state index is 12.0. The molecule has 2 rings (SSSR count). The first kappa shape index (κ1) is 14.8. The van der Waals surface area contributed by atoms with Gasteiger partial charge in [0, 0.05) is 11.9 Å². The van der Waals surface area contributed by atoms with E-state index in [-0.39, 0.29) is 11.3 Å². The number of alkyl halides is 1. The Balaban J connectivity index is 1.96. The maximum atomic E-state index is 12.0. The molecule has 0 aromatic carbocycles. The second-order valence-corrected chi connectivity index (χ2v) is 9.49. The molecule has 0 aliphatic heterocycles. The smallest absolute Gasteiger partial charge is 0.210 e. The van der Waals surface area contributed by atoms with Gasteiger partial charge in [-0.2, -0.15) is 0 Å². The van der Waals surface area contributed by atoms with E-state index in [2.05, 4.69) is 20.7 Å². The van der Waals surface area contributed by atoms with Crippen LogP contribution in [0.15, 0.2) is 20.1 Å². The van der Waals surface area contributed by atoms with Gasteiger partial charge in [0.2, 0.25) is 10.0 Å². The minimum atomic E-state index is -3.38. The van der Waals surface area contributed by atoms with E-state index >= 15 is 0 Å². The normalized spacial score (nSPS) is 25.2. The van der Waals surface area contributed by atoms with Gasteiger partial charge in [0.1, 0.15) is 4.21 Å². The lowest BCUT2D eigenvalue weighted by Gasteiger charge is -2.26. The molecule has 0 amide bonds. The molecule has 0 saturated heterocycles. The summed E-state index contributed by atoms with van der Waals surface area (Å²) in [5.41, 5.74) is 0. The van der Waals surface area contributed by atoms with E-state index in [0.717, 1.165) is 29.5 Å². The minimum Gasteiger partial charge on any atom is -0.210 e. The number of nitrogens with one attached hydrogen (secondary N) is 1. The van der Waals surface area contributed by atoms with Gasteiger partial charge in [-0.15, -0.1) is 22.9 Å². The first-order valence-electron chi connectivity index (χ1n) is 5.88. The van der Waals surface area contributed by atoms with E-state index in [1.165, 1.54) is 11.3 Å². The molecule has 1 aromatic rings. The standard InChI is InChI=1S/C11H15BrClNO2S2/c12-10-5-6-11(17-10)18(15,16)14-7-8-3-1-2-4-9(8)13/h5-6,8-9,14H,1-4,7H2. The van der Waals surface area contributed by atoms with Crippen LogP contribution in [0.2, 0.25) is 0 Å². The highest BCUT2D eigenvalue weighted by Crippen LogP contribution is 2.29. The highest BCUT2D eigenvalue weighted by atomic mass is 79.9. The lowest BCUT2D eigenvalue weighted by Crippen LogP contribution is -2.34. The molecule has 1 aliphatic rings. The Kier molecular flexibility index (Phi) is 5.11. The summed E-state index contributed by atoms with van der Waals surface area (Å²) >= 11 is 10.7. The fourth-order valence-corrected chi connectivity index (χ4v) is 5.64. The zero-order valence-corrected chi connectivity index (χ0v) is 13.7. The van der Waals surface area contributed by atoms with Crippen LogP contribution in [0.25, 0.3) is 0 Å². The Bertz CT molecular complexity index is 503. The molecule has 102 valence electrons. The van der Waals surface area contributed by atoms with Gasteiger partial charge in [0.25, 0.3) is 0 Å². The SMILES string of the molecule is O=S(=O)(NCC1CCCCC1Cl)c1ccc(Br)s1. The predicted molar refractivity (Wildman–Crippen MR) is 78.8 cm³/mol. The monoisotopic (exact) mass is 371 g/mol. The number of hydrogen-bond acceptors (Lipinski definition) is 3. The quantitative estimate of drug-likeness (QED) is 0.821. The second-order valence-electron chi connectivity index (χ2n) is 4.47. The van der Waals surface area contributed by atoms with Crippen molar-refractivity contribution in [3.05, 3.63) is 15.9 Å². The molecule has 2 unspecified atom stereocenters. The van der Waals surface area contributed by atoms with Crippen LogP contribution < -0.4 is 4.72 Å². The van der Waals surface area contributed by atoms with Crippen LogP contribution in [-0.4, -0.2) is 20.3 Å². The zero-order chi connectivity index (χ0) is 13.2. The van der Waals surface area contributed by atoms with E-state index in [9.17, 15) is 8.42 Å². The van der Waals surface area contributed by atoms with Crippen molar-refractivity contribution in [3.8, 4) is 0 Å². The maximum Gasteiger partial charge on any atom is 0.250 e. The van der Waals surface area contributed by atoms with Crippen LogP contribution in [0, 0.1) is 5.92 Å².